The van der Waals surface area contributed by atoms with Gasteiger partial charge in [-0.3, -0.25) is 14.9 Å². The molecule has 8 heteroatoms. The zero-order valence-electron chi connectivity index (χ0n) is 8.99. The first-order valence-corrected chi connectivity index (χ1v) is 4.80. The Kier molecular flexibility index (Phi) is 4.19. The third-order valence-electron chi connectivity index (χ3n) is 2.21. The summed E-state index contributed by atoms with van der Waals surface area (Å²) >= 11 is 0. The van der Waals surface area contributed by atoms with Crippen molar-refractivity contribution in [2.75, 3.05) is 0 Å². The lowest BCUT2D eigenvalue weighted by molar-refractivity contribution is -0.398. The Labute approximate surface area is 101 Å². The summed E-state index contributed by atoms with van der Waals surface area (Å²) < 4.78 is 0. The number of hydrogen-bond donors (Lipinski definition) is 1. The number of rotatable bonds is 6. The van der Waals surface area contributed by atoms with Crippen LogP contribution in [0.4, 0.5) is 5.69 Å². The van der Waals surface area contributed by atoms with Gasteiger partial charge in [0.05, 0.1) is 16.9 Å². The zero-order valence-corrected chi connectivity index (χ0v) is 8.99. The Hall–Kier alpha value is -2.64. The monoisotopic (exact) mass is 252 g/mol. The van der Waals surface area contributed by atoms with E-state index in [0.717, 1.165) is 12.1 Å². The Morgan fingerprint density at radius 3 is 2.67 bits per heavy atom. The highest BCUT2D eigenvalue weighted by Gasteiger charge is 2.13. The fraction of sp³-hybridized carbons (Fsp3) is 0.200. The quantitative estimate of drug-likeness (QED) is 0.356. The smallest absolute Gasteiger partial charge is 0.261 e. The van der Waals surface area contributed by atoms with Crippen molar-refractivity contribution in [2.45, 2.75) is 12.5 Å². The molecule has 8 nitrogen and oxygen atoms in total. The third-order valence-corrected chi connectivity index (χ3v) is 2.21. The summed E-state index contributed by atoms with van der Waals surface area (Å²) in [6, 6.07) is 1.91. The number of amides is 1. The molecule has 0 spiro atoms. The summed E-state index contributed by atoms with van der Waals surface area (Å²) in [6.07, 6.45) is -0.0148. The minimum atomic E-state index is -1.52. The van der Waals surface area contributed by atoms with Gasteiger partial charge in [-0.25, -0.2) is 0 Å². The number of hydrogen-bond acceptors (Lipinski definition) is 6. The molecule has 1 atom stereocenters. The van der Waals surface area contributed by atoms with Crippen molar-refractivity contribution in [3.8, 4) is 5.75 Å². The number of aliphatic carboxylic acids is 1. The van der Waals surface area contributed by atoms with Gasteiger partial charge in [-0.1, -0.05) is 12.1 Å². The molecular formula is C10H8N2O6-2. The van der Waals surface area contributed by atoms with E-state index < -0.39 is 28.4 Å². The Bertz CT molecular complexity index is 487. The number of nitrogens with zero attached hydrogens (tertiary/aromatic N) is 1. The molecule has 0 aliphatic heterocycles. The van der Waals surface area contributed by atoms with Gasteiger partial charge >= 0.3 is 0 Å². The Morgan fingerprint density at radius 1 is 1.50 bits per heavy atom. The minimum absolute atomic E-state index is 0.191. The van der Waals surface area contributed by atoms with Gasteiger partial charge in [0.25, 0.3) is 5.69 Å². The molecule has 0 saturated carbocycles. The van der Waals surface area contributed by atoms with Crippen LogP contribution in [0.2, 0.25) is 0 Å². The van der Waals surface area contributed by atoms with Crippen LogP contribution in [0.1, 0.15) is 5.56 Å². The Balaban J connectivity index is 2.96. The maximum atomic E-state index is 11.1. The molecule has 0 aromatic heterocycles. The lowest BCUT2D eigenvalue weighted by Crippen LogP contribution is -2.46. The zero-order chi connectivity index (χ0) is 13.7. The molecular weight excluding hydrogens is 244 g/mol. The van der Waals surface area contributed by atoms with E-state index in [1.54, 1.807) is 0 Å². The van der Waals surface area contributed by atoms with Gasteiger partial charge in [-0.15, -0.1) is 0 Å². The van der Waals surface area contributed by atoms with Crippen LogP contribution in [0.25, 0.3) is 0 Å². The number of nitro benzene ring substituents is 1. The van der Waals surface area contributed by atoms with E-state index in [0.29, 0.717) is 0 Å². The van der Waals surface area contributed by atoms with E-state index in [4.69, 9.17) is 0 Å². The fourth-order valence-electron chi connectivity index (χ4n) is 1.36. The van der Waals surface area contributed by atoms with E-state index in [1.165, 1.54) is 6.07 Å². The van der Waals surface area contributed by atoms with E-state index in [2.05, 4.69) is 0 Å². The molecule has 0 aliphatic carbocycles. The molecule has 0 radical (unpaired) electrons. The van der Waals surface area contributed by atoms with Gasteiger partial charge in [0, 0.05) is 6.07 Å². The first kappa shape index (κ1) is 13.4. The van der Waals surface area contributed by atoms with Crippen molar-refractivity contribution in [1.82, 2.24) is 5.32 Å². The second-order valence-electron chi connectivity index (χ2n) is 3.42. The summed E-state index contributed by atoms with van der Waals surface area (Å²) in [6.45, 7) is 0. The summed E-state index contributed by atoms with van der Waals surface area (Å²) in [5.74, 6) is -2.28. The summed E-state index contributed by atoms with van der Waals surface area (Å²) in [7, 11) is 0. The van der Waals surface area contributed by atoms with Crippen LogP contribution in [-0.2, 0) is 16.0 Å². The van der Waals surface area contributed by atoms with Crippen LogP contribution >= 0.6 is 0 Å². The van der Waals surface area contributed by atoms with Crippen LogP contribution < -0.4 is 15.5 Å². The highest BCUT2D eigenvalue weighted by Crippen LogP contribution is 2.24. The van der Waals surface area contributed by atoms with E-state index in [1.807, 2.05) is 5.32 Å². The van der Waals surface area contributed by atoms with Crippen molar-refractivity contribution in [2.24, 2.45) is 0 Å². The molecule has 0 heterocycles. The second-order valence-corrected chi connectivity index (χ2v) is 3.42. The predicted octanol–water partition coefficient (Wildman–Crippen LogP) is -1.92. The van der Waals surface area contributed by atoms with Gasteiger partial charge in [-0.05, 0) is 17.7 Å². The number of carbonyl (C=O) groups is 2. The predicted molar refractivity (Wildman–Crippen MR) is 54.2 cm³/mol. The normalized spacial score (nSPS) is 11.6. The maximum Gasteiger partial charge on any atom is 0.261 e. The fourth-order valence-corrected chi connectivity index (χ4v) is 1.36. The molecule has 0 saturated heterocycles. The summed E-state index contributed by atoms with van der Waals surface area (Å²) in [5.41, 5.74) is -0.402. The van der Waals surface area contributed by atoms with Crippen molar-refractivity contribution in [1.29, 1.82) is 0 Å². The molecule has 1 amide bonds. The molecule has 1 N–H and O–H groups in total. The van der Waals surface area contributed by atoms with Crippen LogP contribution in [0, 0.1) is 10.1 Å². The third kappa shape index (κ3) is 3.17. The Morgan fingerprint density at radius 2 is 2.17 bits per heavy atom. The largest absolute Gasteiger partial charge is 0.868 e. The number of nitrogens with one attached hydrogen (secondary N) is 1. The molecule has 0 fully saturated rings. The lowest BCUT2D eigenvalue weighted by Gasteiger charge is -2.17. The van der Waals surface area contributed by atoms with E-state index in [-0.39, 0.29) is 18.4 Å². The number of carboxylic acid groups (broad SMARTS) is 1. The van der Waals surface area contributed by atoms with Crippen LogP contribution in [0.3, 0.4) is 0 Å². The van der Waals surface area contributed by atoms with Crippen molar-refractivity contribution in [3.05, 3.63) is 33.9 Å². The van der Waals surface area contributed by atoms with Crippen LogP contribution in [-0.4, -0.2) is 23.3 Å². The van der Waals surface area contributed by atoms with E-state index in [9.17, 15) is 29.9 Å². The number of nitro groups is 1. The molecule has 1 aromatic rings. The maximum absolute atomic E-state index is 11.1. The molecule has 0 aliphatic rings. The number of carboxylic acids is 1. The SMILES string of the molecule is O=CN[C@@H](Cc1ccc([O-])c([N+](=O)[O-])c1)C(=O)[O-]. The average molecular weight is 252 g/mol. The second kappa shape index (κ2) is 5.62. The first-order chi connectivity index (χ1) is 8.45. The highest BCUT2D eigenvalue weighted by atomic mass is 16.6. The highest BCUT2D eigenvalue weighted by molar-refractivity contribution is 5.74. The van der Waals surface area contributed by atoms with Crippen molar-refractivity contribution in [3.63, 3.8) is 0 Å². The van der Waals surface area contributed by atoms with Crippen LogP contribution in [0.5, 0.6) is 5.75 Å². The minimum Gasteiger partial charge on any atom is -0.868 e. The van der Waals surface area contributed by atoms with E-state index >= 15 is 0 Å². The lowest BCUT2D eigenvalue weighted by atomic mass is 10.1. The van der Waals surface area contributed by atoms with Crippen molar-refractivity contribution >= 4 is 18.1 Å². The topological polar surface area (TPSA) is 135 Å². The first-order valence-electron chi connectivity index (χ1n) is 4.80. The van der Waals surface area contributed by atoms with Gasteiger partial charge < -0.3 is 20.3 Å². The molecule has 1 aromatic carbocycles. The van der Waals surface area contributed by atoms with Gasteiger partial charge in [0.15, 0.2) is 0 Å². The van der Waals surface area contributed by atoms with Gasteiger partial charge in [0.1, 0.15) is 0 Å². The summed E-state index contributed by atoms with van der Waals surface area (Å²) in [5, 5.41) is 34.3. The number of benzene rings is 1. The van der Waals surface area contributed by atoms with Crippen molar-refractivity contribution < 1.29 is 24.7 Å². The molecule has 1 rings (SSSR count). The molecule has 0 unspecified atom stereocenters. The average Bonchev–Trinajstić information content (AvgIpc) is 2.30. The van der Waals surface area contributed by atoms with Gasteiger partial charge in [-0.2, -0.15) is 0 Å². The van der Waals surface area contributed by atoms with Gasteiger partial charge in [0.2, 0.25) is 6.41 Å². The molecule has 0 bridgehead atoms. The summed E-state index contributed by atoms with van der Waals surface area (Å²) in [4.78, 5) is 30.5. The standard InChI is InChI=1S/C10H10N2O6/c13-5-11-7(10(15)16)3-6-1-2-9(14)8(4-6)12(17)18/h1-2,4-5,7,14H,3H2,(H,11,13)(H,15,16)/p-2/t7-/m0/s1. The molecule has 96 valence electrons. The number of carbonyl (C=O) groups excluding carboxylic acids is 2. The van der Waals surface area contributed by atoms with Crippen LogP contribution in [0.15, 0.2) is 18.2 Å². The molecule has 18 heavy (non-hydrogen) atoms.